The minimum Gasteiger partial charge on any atom is -0.477 e. The summed E-state index contributed by atoms with van der Waals surface area (Å²) < 4.78 is 30.3. The van der Waals surface area contributed by atoms with E-state index in [-0.39, 0.29) is 29.9 Å². The fourth-order valence-corrected chi connectivity index (χ4v) is 6.59. The van der Waals surface area contributed by atoms with Crippen molar-refractivity contribution in [3.05, 3.63) is 54.5 Å². The highest BCUT2D eigenvalue weighted by Crippen LogP contribution is 2.35. The number of nitriles is 1. The van der Waals surface area contributed by atoms with Gasteiger partial charge in [0.25, 0.3) is 0 Å². The second-order valence-corrected chi connectivity index (χ2v) is 12.7. The monoisotopic (exact) mass is 576 g/mol. The normalized spacial score (nSPS) is 17.0. The molecule has 0 unspecified atom stereocenters. The predicted octanol–water partition coefficient (Wildman–Crippen LogP) is 2.34. The number of amides is 1. The molecule has 12 nitrogen and oxygen atoms in total. The third kappa shape index (κ3) is 6.66. The van der Waals surface area contributed by atoms with Crippen molar-refractivity contribution in [3.63, 3.8) is 0 Å². The van der Waals surface area contributed by atoms with Crippen LogP contribution >= 0.6 is 0 Å². The summed E-state index contributed by atoms with van der Waals surface area (Å²) in [5.74, 6) is 0.859. The molecule has 1 saturated heterocycles. The molecule has 1 amide bonds. The summed E-state index contributed by atoms with van der Waals surface area (Å²) in [4.78, 5) is 38.1. The molecule has 0 spiro atoms. The van der Waals surface area contributed by atoms with E-state index in [9.17, 15) is 13.2 Å². The first-order valence-electron chi connectivity index (χ1n) is 13.7. The molecule has 2 fully saturated rings. The van der Waals surface area contributed by atoms with Crippen LogP contribution in [0.1, 0.15) is 44.1 Å². The van der Waals surface area contributed by atoms with Crippen LogP contribution in [0.3, 0.4) is 0 Å². The molecule has 0 bridgehead atoms. The van der Waals surface area contributed by atoms with Crippen molar-refractivity contribution in [3.8, 4) is 23.2 Å². The number of carbonyl (C=O) groups excluding carboxylic acids is 1. The van der Waals surface area contributed by atoms with Gasteiger partial charge in [-0.05, 0) is 50.8 Å². The predicted molar refractivity (Wildman–Crippen MR) is 151 cm³/mol. The maximum Gasteiger partial charge on any atom is 0.239 e. The van der Waals surface area contributed by atoms with Gasteiger partial charge in [-0.2, -0.15) is 5.26 Å². The van der Waals surface area contributed by atoms with E-state index in [4.69, 9.17) is 15.0 Å². The number of anilines is 1. The maximum atomic E-state index is 13.9. The van der Waals surface area contributed by atoms with E-state index in [2.05, 4.69) is 31.3 Å². The smallest absolute Gasteiger partial charge is 0.239 e. The van der Waals surface area contributed by atoms with Gasteiger partial charge >= 0.3 is 0 Å². The first kappa shape index (κ1) is 28.5. The van der Waals surface area contributed by atoms with Gasteiger partial charge in [0.2, 0.25) is 11.8 Å². The molecular formula is C28H32N8O4S. The number of nitrogens with one attached hydrogen (secondary N) is 1. The van der Waals surface area contributed by atoms with Gasteiger partial charge in [0.05, 0.1) is 48.3 Å². The fourth-order valence-electron chi connectivity index (χ4n) is 4.91. The van der Waals surface area contributed by atoms with E-state index in [0.29, 0.717) is 67.0 Å². The zero-order chi connectivity index (χ0) is 28.9. The lowest BCUT2D eigenvalue weighted by molar-refractivity contribution is -0.123. The number of rotatable bonds is 11. The number of hydrogen-bond donors (Lipinski definition) is 1. The maximum absolute atomic E-state index is 13.9. The standard InChI is InChI=1S/C28H32N8O4S/c1-2-40-25-19-30-18-23(34-25)20-3-6-24(32-17-20)35-27(37)28(9-13-36(14-10-28)15-11-29)26-31-12-7-21(33-26)8-16-41(38,39)22-4-5-22/h3,6-7,12,17-19,22H,2,4-5,8-10,13-16H2,1H3,(H,32,35,37). The zero-order valence-electron chi connectivity index (χ0n) is 22.9. The third-order valence-electron chi connectivity index (χ3n) is 7.46. The van der Waals surface area contributed by atoms with Crippen molar-refractivity contribution in [2.75, 3.05) is 37.3 Å². The quantitative estimate of drug-likeness (QED) is 0.333. The average molecular weight is 577 g/mol. The molecule has 3 aromatic rings. The topological polar surface area (TPSA) is 164 Å². The Morgan fingerprint density at radius 3 is 2.63 bits per heavy atom. The Morgan fingerprint density at radius 2 is 1.95 bits per heavy atom. The van der Waals surface area contributed by atoms with Crippen LogP contribution in [0, 0.1) is 11.3 Å². The number of likely N-dealkylation sites (tertiary alicyclic amines) is 1. The number of pyridine rings is 1. The van der Waals surface area contributed by atoms with Gasteiger partial charge in [-0.15, -0.1) is 0 Å². The number of aromatic nitrogens is 5. The van der Waals surface area contributed by atoms with Crippen LogP contribution in [0.4, 0.5) is 5.82 Å². The Morgan fingerprint density at radius 1 is 1.15 bits per heavy atom. The Balaban J connectivity index is 1.36. The van der Waals surface area contributed by atoms with E-state index in [1.807, 2.05) is 11.8 Å². The molecule has 214 valence electrons. The summed E-state index contributed by atoms with van der Waals surface area (Å²) in [5, 5.41) is 11.9. The molecule has 41 heavy (non-hydrogen) atoms. The van der Waals surface area contributed by atoms with Crippen LogP contribution in [-0.2, 0) is 26.5 Å². The summed E-state index contributed by atoms with van der Waals surface area (Å²) in [6, 6.07) is 7.36. The highest BCUT2D eigenvalue weighted by molar-refractivity contribution is 7.92. The Bertz CT molecular complexity index is 1530. The van der Waals surface area contributed by atoms with Crippen molar-refractivity contribution in [1.82, 2.24) is 29.8 Å². The highest BCUT2D eigenvalue weighted by Gasteiger charge is 2.46. The van der Waals surface area contributed by atoms with E-state index < -0.39 is 15.3 Å². The molecule has 0 radical (unpaired) electrons. The lowest BCUT2D eigenvalue weighted by atomic mass is 9.76. The van der Waals surface area contributed by atoms with Crippen molar-refractivity contribution in [1.29, 1.82) is 5.26 Å². The van der Waals surface area contributed by atoms with E-state index in [1.165, 1.54) is 0 Å². The summed E-state index contributed by atoms with van der Waals surface area (Å²) in [6.07, 6.45) is 8.87. The number of piperidine rings is 1. The van der Waals surface area contributed by atoms with Crippen molar-refractivity contribution < 1.29 is 17.9 Å². The summed E-state index contributed by atoms with van der Waals surface area (Å²) in [5.41, 5.74) is 0.837. The van der Waals surface area contributed by atoms with E-state index in [0.717, 1.165) is 12.8 Å². The minimum absolute atomic E-state index is 0.0252. The zero-order valence-corrected chi connectivity index (χ0v) is 23.7. The van der Waals surface area contributed by atoms with Crippen LogP contribution in [0.15, 0.2) is 43.0 Å². The Labute approximate surface area is 239 Å². The number of hydrogen-bond acceptors (Lipinski definition) is 11. The number of carbonyl (C=O) groups is 1. The van der Waals surface area contributed by atoms with Gasteiger partial charge in [0.1, 0.15) is 17.1 Å². The molecule has 0 atom stereocenters. The van der Waals surface area contributed by atoms with Gasteiger partial charge in [-0.1, -0.05) is 0 Å². The second kappa shape index (κ2) is 12.2. The van der Waals surface area contributed by atoms with Gasteiger partial charge in [-0.3, -0.25) is 14.7 Å². The third-order valence-corrected chi connectivity index (χ3v) is 9.72. The number of aryl methyl sites for hydroxylation is 1. The van der Waals surface area contributed by atoms with E-state index in [1.54, 1.807) is 43.0 Å². The average Bonchev–Trinajstić information content (AvgIpc) is 3.85. The van der Waals surface area contributed by atoms with Crippen LogP contribution in [0.2, 0.25) is 0 Å². The van der Waals surface area contributed by atoms with Crippen LogP contribution in [-0.4, -0.2) is 81.4 Å². The molecule has 1 N–H and O–H groups in total. The molecule has 2 aliphatic rings. The van der Waals surface area contributed by atoms with Gasteiger partial charge < -0.3 is 10.1 Å². The summed E-state index contributed by atoms with van der Waals surface area (Å²) in [7, 11) is -3.14. The summed E-state index contributed by atoms with van der Waals surface area (Å²) in [6.45, 7) is 3.66. The molecule has 4 heterocycles. The molecule has 1 aliphatic heterocycles. The molecule has 1 saturated carbocycles. The Hall–Kier alpha value is -4.02. The van der Waals surface area contributed by atoms with Crippen LogP contribution in [0.25, 0.3) is 11.3 Å². The minimum atomic E-state index is -3.14. The first-order chi connectivity index (χ1) is 19.8. The number of sulfone groups is 1. The fraction of sp³-hybridized carbons (Fsp3) is 0.464. The Kier molecular flexibility index (Phi) is 8.51. The highest BCUT2D eigenvalue weighted by atomic mass is 32.2. The van der Waals surface area contributed by atoms with Crippen molar-refractivity contribution in [2.24, 2.45) is 0 Å². The van der Waals surface area contributed by atoms with Gasteiger partial charge in [-0.25, -0.2) is 28.4 Å². The lowest BCUT2D eigenvalue weighted by Crippen LogP contribution is -2.50. The molecule has 0 aromatic carbocycles. The van der Waals surface area contributed by atoms with E-state index >= 15 is 0 Å². The molecular weight excluding hydrogens is 544 g/mol. The summed E-state index contributed by atoms with van der Waals surface area (Å²) >= 11 is 0. The van der Waals surface area contributed by atoms with Crippen LogP contribution in [0.5, 0.6) is 5.88 Å². The molecule has 1 aliphatic carbocycles. The van der Waals surface area contributed by atoms with Crippen LogP contribution < -0.4 is 10.1 Å². The van der Waals surface area contributed by atoms with Crippen molar-refractivity contribution in [2.45, 2.75) is 49.7 Å². The number of ether oxygens (including phenoxy) is 1. The SMILES string of the molecule is CCOc1cncc(-c2ccc(NC(=O)C3(c4nccc(CCS(=O)(=O)C5CC5)n4)CCN(CC#N)CC3)nc2)n1. The second-order valence-electron chi connectivity index (χ2n) is 10.3. The first-order valence-corrected chi connectivity index (χ1v) is 15.4. The van der Waals surface area contributed by atoms with Gasteiger partial charge in [0, 0.05) is 43.2 Å². The molecule has 5 rings (SSSR count). The molecule has 3 aromatic heterocycles. The van der Waals surface area contributed by atoms with Crippen molar-refractivity contribution >= 4 is 21.6 Å². The lowest BCUT2D eigenvalue weighted by Gasteiger charge is -2.38. The number of nitrogens with zero attached hydrogens (tertiary/aromatic N) is 7. The largest absolute Gasteiger partial charge is 0.477 e. The molecule has 13 heteroatoms. The van der Waals surface area contributed by atoms with Gasteiger partial charge in [0.15, 0.2) is 9.84 Å².